The molecule has 0 aromatic heterocycles. The third kappa shape index (κ3) is 3.69. The molecule has 4 unspecified atom stereocenters. The normalized spacial score (nSPS) is 40.3. The zero-order chi connectivity index (χ0) is 14.0. The van der Waals surface area contributed by atoms with Crippen molar-refractivity contribution in [1.29, 1.82) is 0 Å². The Morgan fingerprint density at radius 2 is 2.05 bits per heavy atom. The van der Waals surface area contributed by atoms with E-state index in [0.29, 0.717) is 5.92 Å². The van der Waals surface area contributed by atoms with Gasteiger partial charge in [0, 0.05) is 19.6 Å². The first kappa shape index (κ1) is 15.2. The lowest BCUT2D eigenvalue weighted by Crippen LogP contribution is -2.52. The van der Waals surface area contributed by atoms with Gasteiger partial charge in [0.15, 0.2) is 0 Å². The van der Waals surface area contributed by atoms with Crippen LogP contribution in [0.1, 0.15) is 40.0 Å². The molecule has 0 amide bonds. The molecule has 1 heterocycles. The third-order valence-corrected chi connectivity index (χ3v) is 4.74. The molecule has 4 atom stereocenters. The first-order valence-corrected chi connectivity index (χ1v) is 7.59. The monoisotopic (exact) mass is 271 g/mol. The Labute approximate surface area is 116 Å². The third-order valence-electron chi connectivity index (χ3n) is 4.74. The molecule has 0 aromatic carbocycles. The first-order chi connectivity index (χ1) is 8.92. The summed E-state index contributed by atoms with van der Waals surface area (Å²) in [5.41, 5.74) is 0.0389. The lowest BCUT2D eigenvalue weighted by atomic mass is 9.69. The van der Waals surface area contributed by atoms with E-state index in [4.69, 9.17) is 4.74 Å². The maximum Gasteiger partial charge on any atom is 0.0936 e. The van der Waals surface area contributed by atoms with Crippen LogP contribution >= 0.6 is 0 Å². The molecule has 1 saturated carbocycles. The van der Waals surface area contributed by atoms with Gasteiger partial charge in [0.1, 0.15) is 0 Å². The van der Waals surface area contributed by atoms with Crippen molar-refractivity contribution in [1.82, 2.24) is 4.90 Å². The topological polar surface area (TPSA) is 52.9 Å². The highest BCUT2D eigenvalue weighted by Crippen LogP contribution is 2.39. The average molecular weight is 271 g/mol. The molecule has 0 aromatic rings. The number of rotatable bonds is 3. The number of ether oxygens (including phenoxy) is 1. The second-order valence-electron chi connectivity index (χ2n) is 7.06. The summed E-state index contributed by atoms with van der Waals surface area (Å²) < 4.78 is 5.67. The summed E-state index contributed by atoms with van der Waals surface area (Å²) in [7, 11) is 0. The number of aliphatic hydroxyl groups is 2. The summed E-state index contributed by atoms with van der Waals surface area (Å²) in [6, 6.07) is 0. The fraction of sp³-hybridized carbons (Fsp3) is 1.00. The van der Waals surface area contributed by atoms with E-state index in [2.05, 4.69) is 25.7 Å². The molecule has 2 N–H and O–H groups in total. The Hall–Kier alpha value is -0.160. The summed E-state index contributed by atoms with van der Waals surface area (Å²) in [5.74, 6) is 0.355. The second kappa shape index (κ2) is 6.08. The molecule has 2 fully saturated rings. The van der Waals surface area contributed by atoms with Crippen molar-refractivity contribution in [3.05, 3.63) is 0 Å². The zero-order valence-corrected chi connectivity index (χ0v) is 12.5. The van der Waals surface area contributed by atoms with Crippen LogP contribution in [0.15, 0.2) is 0 Å². The molecule has 1 aliphatic carbocycles. The molecule has 0 radical (unpaired) electrons. The Bertz CT molecular complexity index is 295. The van der Waals surface area contributed by atoms with E-state index in [1.165, 1.54) is 6.42 Å². The van der Waals surface area contributed by atoms with Crippen molar-refractivity contribution < 1.29 is 14.9 Å². The van der Waals surface area contributed by atoms with Gasteiger partial charge in [-0.25, -0.2) is 0 Å². The highest BCUT2D eigenvalue weighted by molar-refractivity contribution is 4.90. The van der Waals surface area contributed by atoms with Crippen molar-refractivity contribution in [2.75, 3.05) is 26.2 Å². The highest BCUT2D eigenvalue weighted by atomic mass is 16.5. The Morgan fingerprint density at radius 3 is 2.74 bits per heavy atom. The van der Waals surface area contributed by atoms with Crippen LogP contribution in [0.4, 0.5) is 0 Å². The van der Waals surface area contributed by atoms with E-state index in [0.717, 1.165) is 32.5 Å². The van der Waals surface area contributed by atoms with Crippen LogP contribution in [0, 0.1) is 11.3 Å². The molecule has 2 aliphatic rings. The van der Waals surface area contributed by atoms with Gasteiger partial charge in [0.25, 0.3) is 0 Å². The molecular weight excluding hydrogens is 242 g/mol. The molecule has 4 nitrogen and oxygen atoms in total. The minimum atomic E-state index is -0.216. The van der Waals surface area contributed by atoms with Crippen LogP contribution in [0.2, 0.25) is 0 Å². The number of morpholine rings is 1. The number of aliphatic hydroxyl groups excluding tert-OH is 2. The SMILES string of the molecule is CC1CN(CC2CCCC(C)(C)C2O)CC(CO)O1. The van der Waals surface area contributed by atoms with Crippen LogP contribution < -0.4 is 0 Å². The van der Waals surface area contributed by atoms with Gasteiger partial charge in [-0.05, 0) is 31.1 Å². The van der Waals surface area contributed by atoms with Crippen molar-refractivity contribution in [2.24, 2.45) is 11.3 Å². The van der Waals surface area contributed by atoms with Gasteiger partial charge in [-0.15, -0.1) is 0 Å². The molecule has 0 bridgehead atoms. The fourth-order valence-electron chi connectivity index (χ4n) is 3.68. The van der Waals surface area contributed by atoms with Gasteiger partial charge in [-0.3, -0.25) is 4.90 Å². The van der Waals surface area contributed by atoms with E-state index >= 15 is 0 Å². The quantitative estimate of drug-likeness (QED) is 0.811. The van der Waals surface area contributed by atoms with Crippen LogP contribution in [0.5, 0.6) is 0 Å². The molecule has 112 valence electrons. The molecule has 2 rings (SSSR count). The van der Waals surface area contributed by atoms with Gasteiger partial charge < -0.3 is 14.9 Å². The van der Waals surface area contributed by atoms with Crippen LogP contribution in [0.3, 0.4) is 0 Å². The highest BCUT2D eigenvalue weighted by Gasteiger charge is 2.39. The standard InChI is InChI=1S/C15H29NO3/c1-11-7-16(9-13(10-17)19-11)8-12-5-4-6-15(2,3)14(12)18/h11-14,17-18H,4-10H2,1-3H3. The van der Waals surface area contributed by atoms with Crippen molar-refractivity contribution in [3.8, 4) is 0 Å². The van der Waals surface area contributed by atoms with Crippen molar-refractivity contribution >= 4 is 0 Å². The Morgan fingerprint density at radius 1 is 1.32 bits per heavy atom. The van der Waals surface area contributed by atoms with Crippen LogP contribution in [0.25, 0.3) is 0 Å². The Kier molecular flexibility index (Phi) is 4.88. The first-order valence-electron chi connectivity index (χ1n) is 7.59. The number of hydrogen-bond acceptors (Lipinski definition) is 4. The molecule has 1 aliphatic heterocycles. The lowest BCUT2D eigenvalue weighted by molar-refractivity contribution is -0.110. The van der Waals surface area contributed by atoms with E-state index in [1.807, 2.05) is 0 Å². The van der Waals surface area contributed by atoms with Gasteiger partial charge in [-0.2, -0.15) is 0 Å². The summed E-state index contributed by atoms with van der Waals surface area (Å²) in [4.78, 5) is 2.35. The maximum atomic E-state index is 10.5. The summed E-state index contributed by atoms with van der Waals surface area (Å²) in [5, 5.41) is 19.8. The minimum Gasteiger partial charge on any atom is -0.394 e. The minimum absolute atomic E-state index is 0.0389. The maximum absolute atomic E-state index is 10.5. The lowest BCUT2D eigenvalue weighted by Gasteiger charge is -2.44. The van der Waals surface area contributed by atoms with Gasteiger partial charge in [-0.1, -0.05) is 20.3 Å². The average Bonchev–Trinajstić information content (AvgIpc) is 2.34. The van der Waals surface area contributed by atoms with Gasteiger partial charge in [0.05, 0.1) is 24.9 Å². The van der Waals surface area contributed by atoms with Crippen LogP contribution in [-0.4, -0.2) is 59.7 Å². The van der Waals surface area contributed by atoms with E-state index in [1.54, 1.807) is 0 Å². The molecule has 0 spiro atoms. The second-order valence-corrected chi connectivity index (χ2v) is 7.06. The summed E-state index contributed by atoms with van der Waals surface area (Å²) in [6.45, 7) is 9.08. The summed E-state index contributed by atoms with van der Waals surface area (Å²) in [6.07, 6.45) is 3.31. The van der Waals surface area contributed by atoms with Crippen LogP contribution in [-0.2, 0) is 4.74 Å². The number of hydrogen-bond donors (Lipinski definition) is 2. The van der Waals surface area contributed by atoms with Gasteiger partial charge in [0.2, 0.25) is 0 Å². The predicted octanol–water partition coefficient (Wildman–Crippen LogP) is 1.26. The van der Waals surface area contributed by atoms with E-state index < -0.39 is 0 Å². The Balaban J connectivity index is 1.92. The smallest absolute Gasteiger partial charge is 0.0936 e. The summed E-state index contributed by atoms with van der Waals surface area (Å²) >= 11 is 0. The van der Waals surface area contributed by atoms with E-state index in [9.17, 15) is 10.2 Å². The molecule has 19 heavy (non-hydrogen) atoms. The fourth-order valence-corrected chi connectivity index (χ4v) is 3.68. The molecular formula is C15H29NO3. The van der Waals surface area contributed by atoms with Gasteiger partial charge >= 0.3 is 0 Å². The zero-order valence-electron chi connectivity index (χ0n) is 12.5. The number of nitrogens with zero attached hydrogens (tertiary/aromatic N) is 1. The van der Waals surface area contributed by atoms with Crippen molar-refractivity contribution in [2.45, 2.75) is 58.3 Å². The molecule has 1 saturated heterocycles. The largest absolute Gasteiger partial charge is 0.394 e. The van der Waals surface area contributed by atoms with E-state index in [-0.39, 0.29) is 30.3 Å². The molecule has 4 heteroatoms. The predicted molar refractivity (Wildman–Crippen MR) is 75.0 cm³/mol. The van der Waals surface area contributed by atoms with Crippen molar-refractivity contribution in [3.63, 3.8) is 0 Å².